The van der Waals surface area contributed by atoms with E-state index >= 15 is 0 Å². The average Bonchev–Trinajstić information content (AvgIpc) is 2.50. The van der Waals surface area contributed by atoms with Crippen LogP contribution in [-0.4, -0.2) is 16.6 Å². The average molecular weight is 212 g/mol. The van der Waals surface area contributed by atoms with E-state index in [0.29, 0.717) is 6.54 Å². The van der Waals surface area contributed by atoms with Gasteiger partial charge in [0.2, 0.25) is 0 Å². The maximum atomic E-state index is 10.2. The highest BCUT2D eigenvalue weighted by Gasteiger charge is 2.43. The second kappa shape index (κ2) is 3.61. The zero-order chi connectivity index (χ0) is 10.2. The molecule has 0 radical (unpaired) electrons. The molecule has 3 nitrogen and oxygen atoms in total. The molecule has 0 aliphatic heterocycles. The van der Waals surface area contributed by atoms with Crippen molar-refractivity contribution < 1.29 is 5.11 Å². The summed E-state index contributed by atoms with van der Waals surface area (Å²) in [6.45, 7) is 2.53. The van der Waals surface area contributed by atoms with E-state index in [1.807, 2.05) is 6.92 Å². The first-order valence-corrected chi connectivity index (χ1v) is 5.80. The lowest BCUT2D eigenvalue weighted by atomic mass is 9.65. The van der Waals surface area contributed by atoms with Gasteiger partial charge in [0.25, 0.3) is 0 Å². The lowest BCUT2D eigenvalue weighted by Gasteiger charge is -2.44. The molecule has 1 aromatic rings. The van der Waals surface area contributed by atoms with Crippen molar-refractivity contribution in [1.82, 2.24) is 4.98 Å². The standard InChI is InChI=1S/C10H16N2OS/c1-7-12-5-8(14-7)9(13)10(6-11)3-2-4-10/h5,9,13H,2-4,6,11H2,1H3. The van der Waals surface area contributed by atoms with E-state index in [9.17, 15) is 5.11 Å². The first-order chi connectivity index (χ1) is 6.68. The van der Waals surface area contributed by atoms with Gasteiger partial charge in [0, 0.05) is 18.2 Å². The molecular formula is C10H16N2OS. The Morgan fingerprint density at radius 2 is 2.43 bits per heavy atom. The fraction of sp³-hybridized carbons (Fsp3) is 0.700. The molecule has 1 aliphatic rings. The van der Waals surface area contributed by atoms with Crippen LogP contribution in [0, 0.1) is 12.3 Å². The summed E-state index contributed by atoms with van der Waals surface area (Å²) in [5, 5.41) is 11.2. The van der Waals surface area contributed by atoms with Crippen LogP contribution in [0.1, 0.15) is 35.3 Å². The van der Waals surface area contributed by atoms with Crippen LogP contribution < -0.4 is 5.73 Å². The van der Waals surface area contributed by atoms with Crippen LogP contribution in [0.5, 0.6) is 0 Å². The molecule has 14 heavy (non-hydrogen) atoms. The van der Waals surface area contributed by atoms with Gasteiger partial charge < -0.3 is 10.8 Å². The minimum absolute atomic E-state index is 0.0566. The molecule has 1 atom stereocenters. The lowest BCUT2D eigenvalue weighted by molar-refractivity contribution is -0.0276. The second-order valence-electron chi connectivity index (χ2n) is 4.10. The highest BCUT2D eigenvalue weighted by molar-refractivity contribution is 7.11. The van der Waals surface area contributed by atoms with Crippen molar-refractivity contribution in [2.45, 2.75) is 32.3 Å². The molecule has 0 bridgehead atoms. The minimum Gasteiger partial charge on any atom is -0.387 e. The summed E-state index contributed by atoms with van der Waals surface area (Å²) in [5.74, 6) is 0. The van der Waals surface area contributed by atoms with E-state index in [-0.39, 0.29) is 5.41 Å². The van der Waals surface area contributed by atoms with Crippen LogP contribution >= 0.6 is 11.3 Å². The quantitative estimate of drug-likeness (QED) is 0.800. The number of nitrogens with zero attached hydrogens (tertiary/aromatic N) is 1. The van der Waals surface area contributed by atoms with Gasteiger partial charge in [0.15, 0.2) is 0 Å². The van der Waals surface area contributed by atoms with E-state index < -0.39 is 6.10 Å². The first kappa shape index (κ1) is 10.1. The van der Waals surface area contributed by atoms with Crippen molar-refractivity contribution >= 4 is 11.3 Å². The fourth-order valence-corrected chi connectivity index (χ4v) is 2.94. The number of hydrogen-bond acceptors (Lipinski definition) is 4. The highest BCUT2D eigenvalue weighted by Crippen LogP contribution is 2.50. The molecule has 0 amide bonds. The van der Waals surface area contributed by atoms with E-state index in [4.69, 9.17) is 5.73 Å². The van der Waals surface area contributed by atoms with Crippen LogP contribution in [0.25, 0.3) is 0 Å². The first-order valence-electron chi connectivity index (χ1n) is 4.98. The van der Waals surface area contributed by atoms with Gasteiger partial charge in [-0.25, -0.2) is 4.98 Å². The third-order valence-electron chi connectivity index (χ3n) is 3.24. The summed E-state index contributed by atoms with van der Waals surface area (Å²) in [4.78, 5) is 5.13. The molecule has 1 saturated carbocycles. The summed E-state index contributed by atoms with van der Waals surface area (Å²) in [6, 6.07) is 0. The molecule has 3 N–H and O–H groups in total. The smallest absolute Gasteiger partial charge is 0.0966 e. The predicted octanol–water partition coefficient (Wildman–Crippen LogP) is 1.61. The van der Waals surface area contributed by atoms with Crippen LogP contribution in [-0.2, 0) is 0 Å². The predicted molar refractivity (Wildman–Crippen MR) is 57.1 cm³/mol. The number of aliphatic hydroxyl groups is 1. The molecule has 0 saturated heterocycles. The van der Waals surface area contributed by atoms with Gasteiger partial charge in [-0.3, -0.25) is 0 Å². The Bertz CT molecular complexity index is 314. The summed E-state index contributed by atoms with van der Waals surface area (Å²) in [6.07, 6.45) is 4.64. The Labute approximate surface area is 88.0 Å². The Morgan fingerprint density at radius 3 is 2.79 bits per heavy atom. The van der Waals surface area contributed by atoms with E-state index in [1.54, 1.807) is 17.5 Å². The number of hydrogen-bond donors (Lipinski definition) is 2. The summed E-state index contributed by atoms with van der Waals surface area (Å²) >= 11 is 1.57. The van der Waals surface area contributed by atoms with Gasteiger partial charge >= 0.3 is 0 Å². The van der Waals surface area contributed by atoms with Gasteiger partial charge in [0.1, 0.15) is 0 Å². The Hall–Kier alpha value is -0.450. The highest BCUT2D eigenvalue weighted by atomic mass is 32.1. The largest absolute Gasteiger partial charge is 0.387 e. The zero-order valence-electron chi connectivity index (χ0n) is 8.36. The summed E-state index contributed by atoms with van der Waals surface area (Å²) in [5.41, 5.74) is 5.68. The second-order valence-corrected chi connectivity index (χ2v) is 5.37. The molecule has 1 fully saturated rings. The molecule has 1 unspecified atom stereocenters. The maximum Gasteiger partial charge on any atom is 0.0966 e. The monoisotopic (exact) mass is 212 g/mol. The van der Waals surface area contributed by atoms with Gasteiger partial charge in [-0.15, -0.1) is 11.3 Å². The van der Waals surface area contributed by atoms with Crippen LogP contribution in [0.2, 0.25) is 0 Å². The Morgan fingerprint density at radius 1 is 1.71 bits per heavy atom. The molecular weight excluding hydrogens is 196 g/mol. The van der Waals surface area contributed by atoms with Crippen molar-refractivity contribution in [3.05, 3.63) is 16.1 Å². The van der Waals surface area contributed by atoms with E-state index in [1.165, 1.54) is 6.42 Å². The molecule has 0 aromatic carbocycles. The summed E-state index contributed by atoms with van der Waals surface area (Å²) < 4.78 is 0. The van der Waals surface area contributed by atoms with E-state index in [0.717, 1.165) is 22.7 Å². The third kappa shape index (κ3) is 1.47. The molecule has 1 heterocycles. The Balaban J connectivity index is 2.18. The topological polar surface area (TPSA) is 59.1 Å². The van der Waals surface area contributed by atoms with Crippen LogP contribution in [0.4, 0.5) is 0 Å². The van der Waals surface area contributed by atoms with Crippen molar-refractivity contribution in [2.24, 2.45) is 11.1 Å². The normalized spacial score (nSPS) is 21.6. The number of aryl methyl sites for hydroxylation is 1. The van der Waals surface area contributed by atoms with Crippen molar-refractivity contribution in [3.8, 4) is 0 Å². The van der Waals surface area contributed by atoms with Gasteiger partial charge in [0.05, 0.1) is 16.0 Å². The zero-order valence-corrected chi connectivity index (χ0v) is 9.18. The SMILES string of the molecule is Cc1ncc(C(O)C2(CN)CCC2)s1. The lowest BCUT2D eigenvalue weighted by Crippen LogP contribution is -2.42. The molecule has 78 valence electrons. The van der Waals surface area contributed by atoms with Crippen molar-refractivity contribution in [2.75, 3.05) is 6.54 Å². The van der Waals surface area contributed by atoms with Crippen LogP contribution in [0.3, 0.4) is 0 Å². The minimum atomic E-state index is -0.410. The number of aromatic nitrogens is 1. The van der Waals surface area contributed by atoms with Gasteiger partial charge in [-0.1, -0.05) is 6.42 Å². The molecule has 1 aliphatic carbocycles. The molecule has 1 aromatic heterocycles. The van der Waals surface area contributed by atoms with Crippen molar-refractivity contribution in [3.63, 3.8) is 0 Å². The number of nitrogens with two attached hydrogens (primary N) is 1. The maximum absolute atomic E-state index is 10.2. The number of aliphatic hydroxyl groups excluding tert-OH is 1. The third-order valence-corrected chi connectivity index (χ3v) is 4.21. The Kier molecular flexibility index (Phi) is 2.60. The summed E-state index contributed by atoms with van der Waals surface area (Å²) in [7, 11) is 0. The molecule has 4 heteroatoms. The van der Waals surface area contributed by atoms with Gasteiger partial charge in [-0.05, 0) is 19.8 Å². The molecule has 2 rings (SSSR count). The molecule has 0 spiro atoms. The fourth-order valence-electron chi connectivity index (χ4n) is 2.03. The van der Waals surface area contributed by atoms with E-state index in [2.05, 4.69) is 4.98 Å². The van der Waals surface area contributed by atoms with Crippen molar-refractivity contribution in [1.29, 1.82) is 0 Å². The van der Waals surface area contributed by atoms with Gasteiger partial charge in [-0.2, -0.15) is 0 Å². The number of thiazole rings is 1. The van der Waals surface area contributed by atoms with Crippen LogP contribution in [0.15, 0.2) is 6.20 Å². The number of rotatable bonds is 3.